The number of hydrogen-bond donors (Lipinski definition) is 3. The molecule has 0 aliphatic heterocycles. The molecule has 3 N–H and O–H groups in total. The summed E-state index contributed by atoms with van der Waals surface area (Å²) in [6.45, 7) is 0.836. The van der Waals surface area contributed by atoms with Crippen molar-refractivity contribution < 1.29 is 18.3 Å². The minimum atomic E-state index is -3.54. The zero-order chi connectivity index (χ0) is 19.0. The van der Waals surface area contributed by atoms with Crippen molar-refractivity contribution in [3.8, 4) is 0 Å². The van der Waals surface area contributed by atoms with E-state index in [4.69, 9.17) is 16.7 Å². The number of carbonyl (C=O) groups is 1. The van der Waals surface area contributed by atoms with Gasteiger partial charge in [-0.1, -0.05) is 35.9 Å². The summed E-state index contributed by atoms with van der Waals surface area (Å²) in [5.74, 6) is -0.874. The second-order valence-corrected chi connectivity index (χ2v) is 7.94. The fourth-order valence-electron chi connectivity index (χ4n) is 2.33. The van der Waals surface area contributed by atoms with Crippen molar-refractivity contribution in [2.45, 2.75) is 17.7 Å². The summed E-state index contributed by atoms with van der Waals surface area (Å²) in [4.78, 5) is 10.6. The van der Waals surface area contributed by atoms with Crippen molar-refractivity contribution in [2.75, 3.05) is 19.6 Å². The van der Waals surface area contributed by atoms with Crippen molar-refractivity contribution in [1.82, 2.24) is 10.0 Å². The lowest BCUT2D eigenvalue weighted by Crippen LogP contribution is -2.26. The number of carboxylic acids is 1. The molecule has 0 unspecified atom stereocenters. The van der Waals surface area contributed by atoms with Gasteiger partial charge in [-0.3, -0.25) is 4.79 Å². The summed E-state index contributed by atoms with van der Waals surface area (Å²) in [7, 11) is -3.54. The highest BCUT2D eigenvalue weighted by molar-refractivity contribution is 7.89. The number of halogens is 1. The predicted octanol–water partition coefficient (Wildman–Crippen LogP) is 2.08. The molecule has 0 saturated heterocycles. The first-order valence-corrected chi connectivity index (χ1v) is 9.98. The fourth-order valence-corrected chi connectivity index (χ4v) is 3.49. The number of hydrogen-bond acceptors (Lipinski definition) is 4. The van der Waals surface area contributed by atoms with Gasteiger partial charge in [0.1, 0.15) is 0 Å². The van der Waals surface area contributed by atoms with E-state index in [-0.39, 0.29) is 11.4 Å². The van der Waals surface area contributed by atoms with Gasteiger partial charge >= 0.3 is 5.97 Å². The molecule has 0 radical (unpaired) electrons. The molecule has 2 aromatic carbocycles. The quantitative estimate of drug-likeness (QED) is 0.534. The van der Waals surface area contributed by atoms with Gasteiger partial charge in [0, 0.05) is 11.6 Å². The minimum absolute atomic E-state index is 0.0498. The lowest BCUT2D eigenvalue weighted by molar-refractivity contribution is -0.135. The third kappa shape index (κ3) is 6.76. The second-order valence-electron chi connectivity index (χ2n) is 5.74. The van der Waals surface area contributed by atoms with Gasteiger partial charge < -0.3 is 10.4 Å². The molecule has 140 valence electrons. The maximum Gasteiger partial charge on any atom is 0.317 e. The fraction of sp³-hybridized carbons (Fsp3) is 0.278. The third-order valence-electron chi connectivity index (χ3n) is 3.72. The van der Waals surface area contributed by atoms with Gasteiger partial charge in [-0.15, -0.1) is 0 Å². The molecule has 0 amide bonds. The van der Waals surface area contributed by atoms with Crippen LogP contribution in [-0.4, -0.2) is 39.1 Å². The van der Waals surface area contributed by atoms with Crippen LogP contribution >= 0.6 is 11.6 Å². The van der Waals surface area contributed by atoms with Crippen LogP contribution in [0, 0.1) is 0 Å². The molecule has 8 heteroatoms. The average molecular weight is 397 g/mol. The molecule has 6 nitrogen and oxygen atoms in total. The highest BCUT2D eigenvalue weighted by atomic mass is 35.5. The molecular weight excluding hydrogens is 376 g/mol. The predicted molar refractivity (Wildman–Crippen MR) is 101 cm³/mol. The van der Waals surface area contributed by atoms with Crippen LogP contribution < -0.4 is 10.0 Å². The van der Waals surface area contributed by atoms with Gasteiger partial charge in [-0.25, -0.2) is 13.1 Å². The molecule has 2 aromatic rings. The number of rotatable bonds is 10. The molecule has 0 heterocycles. The van der Waals surface area contributed by atoms with Gasteiger partial charge in [-0.05, 0) is 54.8 Å². The Morgan fingerprint density at radius 2 is 1.46 bits per heavy atom. The van der Waals surface area contributed by atoms with Crippen molar-refractivity contribution in [3.05, 3.63) is 64.7 Å². The van der Waals surface area contributed by atoms with E-state index in [1.165, 1.54) is 12.1 Å². The standard InChI is InChI=1S/C18H21ClN2O4S/c19-16-5-7-17(8-6-16)26(24,25)21-12-10-15-3-1-14(2-4-15)9-11-20-13-18(22)23/h1-8,20-21H,9-13H2,(H,22,23). The Labute approximate surface area is 158 Å². The van der Waals surface area contributed by atoms with Crippen LogP contribution in [0.4, 0.5) is 0 Å². The molecule has 2 rings (SSSR count). The summed E-state index contributed by atoms with van der Waals surface area (Å²) in [5.41, 5.74) is 2.11. The minimum Gasteiger partial charge on any atom is -0.480 e. The monoisotopic (exact) mass is 396 g/mol. The second kappa shape index (κ2) is 9.68. The smallest absolute Gasteiger partial charge is 0.317 e. The molecule has 0 fully saturated rings. The zero-order valence-corrected chi connectivity index (χ0v) is 15.7. The first kappa shape index (κ1) is 20.4. The molecule has 0 atom stereocenters. The summed E-state index contributed by atoms with van der Waals surface area (Å²) in [5, 5.41) is 11.9. The molecule has 0 aliphatic rings. The largest absolute Gasteiger partial charge is 0.480 e. The number of carboxylic acid groups (broad SMARTS) is 1. The molecule has 0 aromatic heterocycles. The van der Waals surface area contributed by atoms with E-state index in [2.05, 4.69) is 10.0 Å². The Kier molecular flexibility index (Phi) is 7.59. The Morgan fingerprint density at radius 1 is 0.923 bits per heavy atom. The average Bonchev–Trinajstić information content (AvgIpc) is 2.60. The number of benzene rings is 2. The number of nitrogens with one attached hydrogen (secondary N) is 2. The van der Waals surface area contributed by atoms with E-state index in [0.29, 0.717) is 24.5 Å². The van der Waals surface area contributed by atoms with Crippen molar-refractivity contribution >= 4 is 27.6 Å². The van der Waals surface area contributed by atoms with Crippen molar-refractivity contribution in [1.29, 1.82) is 0 Å². The normalized spacial score (nSPS) is 11.4. The van der Waals surface area contributed by atoms with Gasteiger partial charge in [0.25, 0.3) is 0 Å². The summed E-state index contributed by atoms with van der Waals surface area (Å²) < 4.78 is 26.9. The van der Waals surface area contributed by atoms with Gasteiger partial charge in [-0.2, -0.15) is 0 Å². The van der Waals surface area contributed by atoms with Crippen LogP contribution in [0.1, 0.15) is 11.1 Å². The molecular formula is C18H21ClN2O4S. The van der Waals surface area contributed by atoms with Gasteiger partial charge in [0.15, 0.2) is 0 Å². The lowest BCUT2D eigenvalue weighted by Gasteiger charge is -2.08. The zero-order valence-electron chi connectivity index (χ0n) is 14.1. The highest BCUT2D eigenvalue weighted by Crippen LogP contribution is 2.14. The highest BCUT2D eigenvalue weighted by Gasteiger charge is 2.12. The molecule has 0 spiro atoms. The van der Waals surface area contributed by atoms with E-state index >= 15 is 0 Å². The van der Waals surface area contributed by atoms with Crippen LogP contribution in [-0.2, 0) is 27.7 Å². The topological polar surface area (TPSA) is 95.5 Å². The maximum absolute atomic E-state index is 12.2. The summed E-state index contributed by atoms with van der Waals surface area (Å²) in [6.07, 6.45) is 1.31. The first-order valence-electron chi connectivity index (χ1n) is 8.12. The lowest BCUT2D eigenvalue weighted by atomic mass is 10.1. The van der Waals surface area contributed by atoms with E-state index < -0.39 is 16.0 Å². The third-order valence-corrected chi connectivity index (χ3v) is 5.45. The van der Waals surface area contributed by atoms with Crippen molar-refractivity contribution in [3.63, 3.8) is 0 Å². The number of aliphatic carboxylic acids is 1. The summed E-state index contributed by atoms with van der Waals surface area (Å²) in [6, 6.07) is 13.8. The van der Waals surface area contributed by atoms with Gasteiger partial charge in [0.05, 0.1) is 11.4 Å². The number of sulfonamides is 1. The van der Waals surface area contributed by atoms with Crippen LogP contribution in [0.2, 0.25) is 5.02 Å². The Morgan fingerprint density at radius 3 is 2.00 bits per heavy atom. The summed E-state index contributed by atoms with van der Waals surface area (Å²) >= 11 is 5.77. The van der Waals surface area contributed by atoms with E-state index in [0.717, 1.165) is 17.5 Å². The SMILES string of the molecule is O=C(O)CNCCc1ccc(CCNS(=O)(=O)c2ccc(Cl)cc2)cc1. The van der Waals surface area contributed by atoms with E-state index in [1.807, 2.05) is 24.3 Å². The first-order chi connectivity index (χ1) is 12.4. The van der Waals surface area contributed by atoms with E-state index in [1.54, 1.807) is 12.1 Å². The Balaban J connectivity index is 1.78. The van der Waals surface area contributed by atoms with Crippen LogP contribution in [0.15, 0.2) is 53.4 Å². The molecule has 0 aliphatic carbocycles. The Hall–Kier alpha value is -1.93. The maximum atomic E-state index is 12.2. The van der Waals surface area contributed by atoms with Crippen LogP contribution in [0.5, 0.6) is 0 Å². The Bertz CT molecular complexity index is 821. The van der Waals surface area contributed by atoms with Crippen molar-refractivity contribution in [2.24, 2.45) is 0 Å². The molecule has 0 bridgehead atoms. The van der Waals surface area contributed by atoms with Crippen LogP contribution in [0.3, 0.4) is 0 Å². The molecule has 26 heavy (non-hydrogen) atoms. The molecule has 0 saturated carbocycles. The van der Waals surface area contributed by atoms with Gasteiger partial charge in [0.2, 0.25) is 10.0 Å². The van der Waals surface area contributed by atoms with Crippen LogP contribution in [0.25, 0.3) is 0 Å². The van der Waals surface area contributed by atoms with E-state index in [9.17, 15) is 13.2 Å².